The Bertz CT molecular complexity index is 356. The molecule has 1 unspecified atom stereocenters. The number of pyridine rings is 1. The molecule has 0 aromatic carbocycles. The second kappa shape index (κ2) is 7.11. The number of anilines is 1. The molecule has 1 aromatic rings. The van der Waals surface area contributed by atoms with E-state index in [-0.39, 0.29) is 5.69 Å². The Labute approximate surface area is 105 Å². The molecule has 0 aliphatic carbocycles. The third kappa shape index (κ3) is 5.04. The van der Waals surface area contributed by atoms with Gasteiger partial charge in [0.25, 0.3) is 5.69 Å². The van der Waals surface area contributed by atoms with E-state index in [9.17, 15) is 10.1 Å². The molecule has 1 rings (SSSR count). The first-order valence-electron chi connectivity index (χ1n) is 5.58. The lowest BCUT2D eigenvalue weighted by Gasteiger charge is -2.13. The Morgan fingerprint density at radius 2 is 2.35 bits per heavy atom. The van der Waals surface area contributed by atoms with Crippen molar-refractivity contribution in [3.05, 3.63) is 28.4 Å². The molecule has 5 nitrogen and oxygen atoms in total. The lowest BCUT2D eigenvalue weighted by molar-refractivity contribution is -0.385. The number of hydrogen-bond acceptors (Lipinski definition) is 5. The molecule has 0 spiro atoms. The van der Waals surface area contributed by atoms with E-state index in [1.165, 1.54) is 12.3 Å². The maximum atomic E-state index is 10.5. The van der Waals surface area contributed by atoms with Gasteiger partial charge in [-0.05, 0) is 30.9 Å². The summed E-state index contributed by atoms with van der Waals surface area (Å²) in [4.78, 5) is 14.0. The number of nitrogens with one attached hydrogen (secondary N) is 1. The Balaban J connectivity index is 2.43. The van der Waals surface area contributed by atoms with E-state index >= 15 is 0 Å². The Morgan fingerprint density at radius 3 is 2.88 bits per heavy atom. The van der Waals surface area contributed by atoms with Gasteiger partial charge in [-0.2, -0.15) is 11.8 Å². The normalized spacial score (nSPS) is 12.1. The van der Waals surface area contributed by atoms with E-state index in [4.69, 9.17) is 0 Å². The summed E-state index contributed by atoms with van der Waals surface area (Å²) in [6.07, 6.45) is 2.33. The zero-order valence-electron chi connectivity index (χ0n) is 10.0. The van der Waals surface area contributed by atoms with Crippen LogP contribution < -0.4 is 5.32 Å². The van der Waals surface area contributed by atoms with Crippen LogP contribution in [-0.2, 0) is 0 Å². The molecule has 0 radical (unpaired) electrons. The molecule has 0 aliphatic rings. The van der Waals surface area contributed by atoms with E-state index in [1.54, 1.807) is 6.07 Å². The molecule has 0 aliphatic heterocycles. The predicted octanol–water partition coefficient (Wildman–Crippen LogP) is 2.93. The maximum Gasteiger partial charge on any atom is 0.287 e. The molecule has 0 bridgehead atoms. The van der Waals surface area contributed by atoms with Crippen LogP contribution >= 0.6 is 11.8 Å². The second-order valence-corrected chi connectivity index (χ2v) is 5.08. The second-order valence-electron chi connectivity index (χ2n) is 3.69. The van der Waals surface area contributed by atoms with Gasteiger partial charge in [0.2, 0.25) is 0 Å². The van der Waals surface area contributed by atoms with Gasteiger partial charge in [0.1, 0.15) is 12.0 Å². The largest absolute Gasteiger partial charge is 0.368 e. The molecular formula is C11H17N3O2S. The van der Waals surface area contributed by atoms with Crippen molar-refractivity contribution in [3.63, 3.8) is 0 Å². The fourth-order valence-electron chi connectivity index (χ4n) is 1.31. The third-order valence-electron chi connectivity index (χ3n) is 2.25. The monoisotopic (exact) mass is 255 g/mol. The molecule has 1 N–H and O–H groups in total. The molecule has 6 heteroatoms. The molecule has 1 aromatic heterocycles. The van der Waals surface area contributed by atoms with Gasteiger partial charge in [-0.1, -0.05) is 6.92 Å². The fraction of sp³-hybridized carbons (Fsp3) is 0.545. The van der Waals surface area contributed by atoms with E-state index in [0.29, 0.717) is 11.9 Å². The quantitative estimate of drug-likeness (QED) is 0.461. The van der Waals surface area contributed by atoms with Crippen LogP contribution in [0, 0.1) is 10.1 Å². The van der Waals surface area contributed by atoms with Crippen molar-refractivity contribution >= 4 is 23.3 Å². The number of nitro groups is 1. The minimum atomic E-state index is -0.446. The van der Waals surface area contributed by atoms with E-state index < -0.39 is 4.92 Å². The number of nitrogens with zero attached hydrogens (tertiary/aromatic N) is 2. The minimum Gasteiger partial charge on any atom is -0.368 e. The standard InChI is InChI=1S/C11H17N3O2S/c1-3-17-7-6-9(2)13-11-5-4-10(8-12-11)14(15)16/h4-5,8-9H,3,6-7H2,1-2H3,(H,12,13). The summed E-state index contributed by atoms with van der Waals surface area (Å²) in [7, 11) is 0. The lowest BCUT2D eigenvalue weighted by atomic mass is 10.2. The van der Waals surface area contributed by atoms with Crippen LogP contribution in [-0.4, -0.2) is 27.5 Å². The van der Waals surface area contributed by atoms with Crippen LogP contribution in [0.25, 0.3) is 0 Å². The highest BCUT2D eigenvalue weighted by Gasteiger charge is 2.07. The van der Waals surface area contributed by atoms with E-state index in [2.05, 4.69) is 24.1 Å². The van der Waals surface area contributed by atoms with Gasteiger partial charge < -0.3 is 5.32 Å². The van der Waals surface area contributed by atoms with Crippen molar-refractivity contribution in [2.45, 2.75) is 26.3 Å². The first kappa shape index (κ1) is 13.8. The van der Waals surface area contributed by atoms with Crippen LogP contribution in [0.4, 0.5) is 11.5 Å². The summed E-state index contributed by atoms with van der Waals surface area (Å²) >= 11 is 1.90. The van der Waals surface area contributed by atoms with Gasteiger partial charge in [0.15, 0.2) is 0 Å². The van der Waals surface area contributed by atoms with Crippen molar-refractivity contribution < 1.29 is 4.92 Å². The highest BCUT2D eigenvalue weighted by atomic mass is 32.2. The first-order chi connectivity index (χ1) is 8.13. The summed E-state index contributed by atoms with van der Waals surface area (Å²) in [5, 5.41) is 13.7. The lowest BCUT2D eigenvalue weighted by Crippen LogP contribution is -2.16. The SMILES string of the molecule is CCSCCC(C)Nc1ccc([N+](=O)[O-])cn1. The van der Waals surface area contributed by atoms with Crippen molar-refractivity contribution in [1.29, 1.82) is 0 Å². The molecule has 1 heterocycles. The van der Waals surface area contributed by atoms with E-state index in [1.807, 2.05) is 11.8 Å². The molecule has 17 heavy (non-hydrogen) atoms. The number of aromatic nitrogens is 1. The van der Waals surface area contributed by atoms with Gasteiger partial charge >= 0.3 is 0 Å². The third-order valence-corrected chi connectivity index (χ3v) is 3.18. The molecule has 0 fully saturated rings. The molecule has 0 amide bonds. The van der Waals surface area contributed by atoms with Gasteiger partial charge in [-0.15, -0.1) is 0 Å². The Hall–Kier alpha value is -1.30. The summed E-state index contributed by atoms with van der Waals surface area (Å²) < 4.78 is 0. The van der Waals surface area contributed by atoms with Crippen LogP contribution in [0.2, 0.25) is 0 Å². The zero-order valence-corrected chi connectivity index (χ0v) is 10.9. The zero-order chi connectivity index (χ0) is 12.7. The Morgan fingerprint density at radius 1 is 1.59 bits per heavy atom. The van der Waals surface area contributed by atoms with Crippen molar-refractivity contribution in [3.8, 4) is 0 Å². The first-order valence-corrected chi connectivity index (χ1v) is 6.73. The number of rotatable bonds is 7. The van der Waals surface area contributed by atoms with Gasteiger partial charge in [-0.3, -0.25) is 10.1 Å². The molecule has 1 atom stereocenters. The number of hydrogen-bond donors (Lipinski definition) is 1. The molecule has 0 saturated carbocycles. The fourth-order valence-corrected chi connectivity index (χ4v) is 2.12. The highest BCUT2D eigenvalue weighted by molar-refractivity contribution is 7.99. The predicted molar refractivity (Wildman–Crippen MR) is 71.6 cm³/mol. The summed E-state index contributed by atoms with van der Waals surface area (Å²) in [5.74, 6) is 2.92. The van der Waals surface area contributed by atoms with Crippen molar-refractivity contribution in [2.24, 2.45) is 0 Å². The molecule has 0 saturated heterocycles. The molecular weight excluding hydrogens is 238 g/mol. The number of thioether (sulfide) groups is 1. The molecule has 94 valence electrons. The maximum absolute atomic E-state index is 10.5. The highest BCUT2D eigenvalue weighted by Crippen LogP contribution is 2.13. The average molecular weight is 255 g/mol. The van der Waals surface area contributed by atoms with Crippen molar-refractivity contribution in [2.75, 3.05) is 16.8 Å². The summed E-state index contributed by atoms with van der Waals surface area (Å²) in [5.41, 5.74) is 0.0183. The van der Waals surface area contributed by atoms with Crippen LogP contribution in [0.1, 0.15) is 20.3 Å². The van der Waals surface area contributed by atoms with Gasteiger partial charge in [0.05, 0.1) is 4.92 Å². The Kier molecular flexibility index (Phi) is 5.76. The smallest absolute Gasteiger partial charge is 0.287 e. The van der Waals surface area contributed by atoms with Gasteiger partial charge in [0, 0.05) is 12.1 Å². The van der Waals surface area contributed by atoms with Gasteiger partial charge in [-0.25, -0.2) is 4.98 Å². The van der Waals surface area contributed by atoms with Crippen molar-refractivity contribution in [1.82, 2.24) is 4.98 Å². The van der Waals surface area contributed by atoms with Crippen LogP contribution in [0.3, 0.4) is 0 Å². The van der Waals surface area contributed by atoms with Crippen LogP contribution in [0.15, 0.2) is 18.3 Å². The van der Waals surface area contributed by atoms with E-state index in [0.717, 1.165) is 17.9 Å². The minimum absolute atomic E-state index is 0.0183. The summed E-state index contributed by atoms with van der Waals surface area (Å²) in [6.45, 7) is 4.22. The van der Waals surface area contributed by atoms with Crippen LogP contribution in [0.5, 0.6) is 0 Å². The summed E-state index contributed by atoms with van der Waals surface area (Å²) in [6, 6.07) is 3.42. The topological polar surface area (TPSA) is 68.1 Å². The average Bonchev–Trinajstić information content (AvgIpc) is 2.30.